The molecule has 32 heavy (non-hydrogen) atoms. The molecule has 7 nitrogen and oxygen atoms in total. The van der Waals surface area contributed by atoms with Crippen molar-refractivity contribution >= 4 is 5.91 Å². The molecule has 0 radical (unpaired) electrons. The van der Waals surface area contributed by atoms with E-state index in [1.165, 1.54) is 19.5 Å². The maximum atomic E-state index is 13.9. The number of piperidine rings is 1. The summed E-state index contributed by atoms with van der Waals surface area (Å²) < 4.78 is 48.0. The van der Waals surface area contributed by atoms with Crippen LogP contribution < -0.4 is 4.74 Å². The van der Waals surface area contributed by atoms with Crippen molar-refractivity contribution in [3.8, 4) is 17.1 Å². The van der Waals surface area contributed by atoms with Crippen LogP contribution in [0.25, 0.3) is 11.3 Å². The van der Waals surface area contributed by atoms with Crippen LogP contribution in [0, 0.1) is 17.5 Å². The summed E-state index contributed by atoms with van der Waals surface area (Å²) in [7, 11) is 3.15. The molecule has 2 aromatic heterocycles. The van der Waals surface area contributed by atoms with Crippen LogP contribution in [0.15, 0.2) is 24.5 Å². The average molecular weight is 443 g/mol. The first-order valence-electron chi connectivity index (χ1n) is 10.3. The molecule has 5 rings (SSSR count). The van der Waals surface area contributed by atoms with E-state index in [-0.39, 0.29) is 29.2 Å². The van der Waals surface area contributed by atoms with Crippen molar-refractivity contribution in [3.05, 3.63) is 58.9 Å². The van der Waals surface area contributed by atoms with Gasteiger partial charge in [-0.25, -0.2) is 23.1 Å². The average Bonchev–Trinajstić information content (AvgIpc) is 3.11. The lowest BCUT2D eigenvalue weighted by atomic mass is 9.81. The molecule has 166 valence electrons. The molecule has 1 saturated heterocycles. The maximum absolute atomic E-state index is 13.9. The highest BCUT2D eigenvalue weighted by Gasteiger charge is 2.44. The fourth-order valence-electron chi connectivity index (χ4n) is 4.90. The Morgan fingerprint density at radius 2 is 1.88 bits per heavy atom. The molecule has 0 saturated carbocycles. The number of benzene rings is 1. The predicted octanol–water partition coefficient (Wildman–Crippen LogP) is 3.60. The van der Waals surface area contributed by atoms with Gasteiger partial charge in [0.05, 0.1) is 24.5 Å². The smallest absolute Gasteiger partial charge is 0.273 e. The minimum Gasteiger partial charge on any atom is -0.481 e. The molecular formula is C22H20F3N5O2. The van der Waals surface area contributed by atoms with E-state index in [0.717, 1.165) is 30.5 Å². The second kappa shape index (κ2) is 7.61. The Hall–Kier alpha value is -3.43. The summed E-state index contributed by atoms with van der Waals surface area (Å²) in [6, 6.07) is 3.06. The maximum Gasteiger partial charge on any atom is 0.273 e. The number of fused-ring (bicyclic) bond motifs is 4. The number of hydrogen-bond donors (Lipinski definition) is 0. The highest BCUT2D eigenvalue weighted by molar-refractivity contribution is 5.93. The second-order valence-corrected chi connectivity index (χ2v) is 8.05. The van der Waals surface area contributed by atoms with E-state index in [9.17, 15) is 18.0 Å². The van der Waals surface area contributed by atoms with Gasteiger partial charge in [0.15, 0.2) is 17.5 Å². The zero-order valence-electron chi connectivity index (χ0n) is 17.5. The van der Waals surface area contributed by atoms with E-state index < -0.39 is 17.5 Å². The summed E-state index contributed by atoms with van der Waals surface area (Å²) in [6.07, 6.45) is 4.18. The van der Waals surface area contributed by atoms with Crippen molar-refractivity contribution in [1.82, 2.24) is 24.6 Å². The van der Waals surface area contributed by atoms with E-state index in [1.54, 1.807) is 16.6 Å². The normalized spacial score (nSPS) is 19.6. The molecule has 0 aliphatic carbocycles. The Morgan fingerprint density at radius 3 is 2.59 bits per heavy atom. The van der Waals surface area contributed by atoms with Crippen molar-refractivity contribution in [2.45, 2.75) is 37.8 Å². The number of carbonyl (C=O) groups is 1. The quantitative estimate of drug-likeness (QED) is 0.579. The number of aryl methyl sites for hydroxylation is 1. The molecule has 4 heterocycles. The number of rotatable bonds is 3. The van der Waals surface area contributed by atoms with Crippen molar-refractivity contribution < 1.29 is 22.7 Å². The molecule has 0 unspecified atom stereocenters. The van der Waals surface area contributed by atoms with Gasteiger partial charge < -0.3 is 9.64 Å². The summed E-state index contributed by atoms with van der Waals surface area (Å²) in [5.41, 5.74) is 2.51. The van der Waals surface area contributed by atoms with Gasteiger partial charge in [-0.3, -0.25) is 9.48 Å². The summed E-state index contributed by atoms with van der Waals surface area (Å²) >= 11 is 0. The number of methoxy groups -OCH3 is 1. The van der Waals surface area contributed by atoms with Crippen molar-refractivity contribution in [2.24, 2.45) is 7.05 Å². The van der Waals surface area contributed by atoms with E-state index in [0.29, 0.717) is 30.1 Å². The molecule has 1 aromatic carbocycles. The second-order valence-electron chi connectivity index (χ2n) is 8.05. The molecule has 10 heteroatoms. The molecular weight excluding hydrogens is 423 g/mol. The van der Waals surface area contributed by atoms with Gasteiger partial charge in [0.1, 0.15) is 12.0 Å². The van der Waals surface area contributed by atoms with Gasteiger partial charge in [-0.1, -0.05) is 0 Å². The van der Waals surface area contributed by atoms with Crippen LogP contribution in [0.3, 0.4) is 0 Å². The van der Waals surface area contributed by atoms with Gasteiger partial charge in [-0.05, 0) is 37.8 Å². The summed E-state index contributed by atoms with van der Waals surface area (Å²) in [5.74, 6) is -3.94. The van der Waals surface area contributed by atoms with Gasteiger partial charge in [-0.2, -0.15) is 5.10 Å². The largest absolute Gasteiger partial charge is 0.481 e. The lowest BCUT2D eigenvalue weighted by Crippen LogP contribution is -2.50. The minimum atomic E-state index is -1.50. The van der Waals surface area contributed by atoms with Gasteiger partial charge >= 0.3 is 0 Å². The zero-order chi connectivity index (χ0) is 22.6. The third-order valence-electron chi connectivity index (χ3n) is 6.24. The zero-order valence-corrected chi connectivity index (χ0v) is 17.5. The first-order chi connectivity index (χ1) is 15.4. The molecule has 0 N–H and O–H groups in total. The Morgan fingerprint density at radius 1 is 1.12 bits per heavy atom. The fourth-order valence-corrected chi connectivity index (χ4v) is 4.90. The first-order valence-corrected chi connectivity index (χ1v) is 10.3. The Kier molecular flexibility index (Phi) is 4.87. The topological polar surface area (TPSA) is 73.1 Å². The molecule has 2 aliphatic rings. The van der Waals surface area contributed by atoms with Gasteiger partial charge in [0.25, 0.3) is 5.91 Å². The summed E-state index contributed by atoms with van der Waals surface area (Å²) in [5, 5.41) is 4.62. The number of carbonyl (C=O) groups excluding carboxylic acids is 1. The molecule has 1 amide bonds. The van der Waals surface area contributed by atoms with Crippen LogP contribution in [-0.2, 0) is 13.5 Å². The summed E-state index contributed by atoms with van der Waals surface area (Å²) in [6.45, 7) is 0. The number of nitrogens with zero attached hydrogens (tertiary/aromatic N) is 5. The predicted molar refractivity (Wildman–Crippen MR) is 107 cm³/mol. The molecule has 1 fully saturated rings. The van der Waals surface area contributed by atoms with E-state index >= 15 is 0 Å². The standard InChI is InChI=1S/C22H20F3N5O2/c1-29-21(11-6-14(23)19(25)15(24)7-11)13-8-12-4-3-5-17(20(13)28-29)30(12)22(31)16-9-18(32-2)27-10-26-16/h6-7,9-10,12,17H,3-5,8H2,1-2H3/t12-,17+/m1/s1. The SMILES string of the molecule is COc1cc(C(=O)N2[C@@H]3CCC[C@H]2c2nn(C)c(-c4cc(F)c(F)c(F)c4)c2C3)ncn1. The lowest BCUT2D eigenvalue weighted by Gasteiger charge is -2.45. The minimum absolute atomic E-state index is 0.118. The van der Waals surface area contributed by atoms with Crippen LogP contribution >= 0.6 is 0 Å². The van der Waals surface area contributed by atoms with Crippen molar-refractivity contribution in [1.29, 1.82) is 0 Å². The van der Waals surface area contributed by atoms with E-state index in [1.807, 2.05) is 0 Å². The number of halogens is 3. The molecule has 2 bridgehead atoms. The number of ether oxygens (including phenoxy) is 1. The highest BCUT2D eigenvalue weighted by atomic mass is 19.2. The Bertz CT molecular complexity index is 1210. The molecule has 3 aromatic rings. The molecule has 2 aliphatic heterocycles. The van der Waals surface area contributed by atoms with Crippen molar-refractivity contribution in [3.63, 3.8) is 0 Å². The van der Waals surface area contributed by atoms with Crippen molar-refractivity contribution in [2.75, 3.05) is 7.11 Å². The van der Waals surface area contributed by atoms with E-state index in [4.69, 9.17) is 4.74 Å². The monoisotopic (exact) mass is 443 g/mol. The number of amides is 1. The number of hydrogen-bond acceptors (Lipinski definition) is 5. The van der Waals surface area contributed by atoms with Gasteiger partial charge in [0, 0.05) is 30.3 Å². The molecule has 0 spiro atoms. The van der Waals surface area contributed by atoms with Gasteiger partial charge in [0.2, 0.25) is 5.88 Å². The van der Waals surface area contributed by atoms with Crippen LogP contribution in [0.5, 0.6) is 5.88 Å². The van der Waals surface area contributed by atoms with Gasteiger partial charge in [-0.15, -0.1) is 0 Å². The van der Waals surface area contributed by atoms with Crippen LogP contribution in [0.2, 0.25) is 0 Å². The van der Waals surface area contributed by atoms with E-state index in [2.05, 4.69) is 15.1 Å². The summed E-state index contributed by atoms with van der Waals surface area (Å²) in [4.78, 5) is 23.3. The number of aromatic nitrogens is 4. The van der Waals surface area contributed by atoms with Crippen LogP contribution in [0.4, 0.5) is 13.2 Å². The lowest BCUT2D eigenvalue weighted by molar-refractivity contribution is 0.0385. The Balaban J connectivity index is 1.58. The first kappa shape index (κ1) is 20.5. The highest BCUT2D eigenvalue weighted by Crippen LogP contribution is 2.45. The fraction of sp³-hybridized carbons (Fsp3) is 0.364. The van der Waals surface area contributed by atoms with Crippen LogP contribution in [-0.4, -0.2) is 43.7 Å². The third kappa shape index (κ3) is 3.12. The Labute approximate surface area is 181 Å². The molecule has 2 atom stereocenters. The van der Waals surface area contributed by atoms with Crippen LogP contribution in [0.1, 0.15) is 47.1 Å². The third-order valence-corrected chi connectivity index (χ3v) is 6.24.